The third kappa shape index (κ3) is 2.82. The highest BCUT2D eigenvalue weighted by atomic mass is 16.2. The van der Waals surface area contributed by atoms with Crippen molar-refractivity contribution in [2.45, 2.75) is 76.8 Å². The van der Waals surface area contributed by atoms with Crippen molar-refractivity contribution in [3.63, 3.8) is 0 Å². The second-order valence-electron chi connectivity index (χ2n) is 6.94. The van der Waals surface area contributed by atoms with E-state index >= 15 is 0 Å². The summed E-state index contributed by atoms with van der Waals surface area (Å²) in [5.41, 5.74) is 0. The van der Waals surface area contributed by atoms with E-state index in [1.807, 2.05) is 16.7 Å². The van der Waals surface area contributed by atoms with Gasteiger partial charge in [0.15, 0.2) is 0 Å². The molecular weight excluding hydrogens is 264 g/mol. The quantitative estimate of drug-likeness (QED) is 0.799. The Morgan fingerprint density at radius 1 is 1.00 bits per heavy atom. The van der Waals surface area contributed by atoms with Crippen molar-refractivity contribution in [3.8, 4) is 0 Å². The summed E-state index contributed by atoms with van der Waals surface area (Å²) in [6.45, 7) is 3.60. The number of hydrogen-bond acceptors (Lipinski definition) is 2. The highest BCUT2D eigenvalue weighted by Crippen LogP contribution is 2.31. The van der Waals surface area contributed by atoms with Crippen molar-refractivity contribution in [3.05, 3.63) is 0 Å². The number of rotatable bonds is 4. The van der Waals surface area contributed by atoms with Gasteiger partial charge in [-0.1, -0.05) is 32.6 Å². The van der Waals surface area contributed by atoms with E-state index < -0.39 is 0 Å². The lowest BCUT2D eigenvalue weighted by Gasteiger charge is -2.47. The molecule has 4 nitrogen and oxygen atoms in total. The molecule has 0 aromatic rings. The topological polar surface area (TPSA) is 40.6 Å². The zero-order valence-corrected chi connectivity index (χ0v) is 13.2. The number of nitrogens with zero attached hydrogens (tertiary/aromatic N) is 2. The first-order valence-electron chi connectivity index (χ1n) is 8.83. The normalized spacial score (nSPS) is 30.9. The lowest BCUT2D eigenvalue weighted by Crippen LogP contribution is -2.65. The van der Waals surface area contributed by atoms with Crippen molar-refractivity contribution in [1.29, 1.82) is 0 Å². The van der Waals surface area contributed by atoms with Crippen LogP contribution in [0.3, 0.4) is 0 Å². The molecule has 2 aliphatic heterocycles. The van der Waals surface area contributed by atoms with Crippen molar-refractivity contribution in [1.82, 2.24) is 9.80 Å². The average molecular weight is 292 g/mol. The Morgan fingerprint density at radius 3 is 2.43 bits per heavy atom. The molecular formula is C17H28N2O2. The molecule has 3 fully saturated rings. The van der Waals surface area contributed by atoms with Crippen LogP contribution in [0.4, 0.5) is 0 Å². The minimum Gasteiger partial charge on any atom is -0.329 e. The molecule has 0 aromatic carbocycles. The molecule has 1 saturated carbocycles. The molecule has 2 atom stereocenters. The first kappa shape index (κ1) is 14.9. The monoisotopic (exact) mass is 292 g/mol. The van der Waals surface area contributed by atoms with Crippen LogP contribution in [0.5, 0.6) is 0 Å². The fourth-order valence-electron chi connectivity index (χ4n) is 4.40. The molecule has 21 heavy (non-hydrogen) atoms. The summed E-state index contributed by atoms with van der Waals surface area (Å²) in [6, 6.07) is -0.356. The fourth-order valence-corrected chi connectivity index (χ4v) is 4.40. The van der Waals surface area contributed by atoms with Crippen molar-refractivity contribution in [2.24, 2.45) is 5.92 Å². The van der Waals surface area contributed by atoms with Crippen LogP contribution in [0.2, 0.25) is 0 Å². The van der Waals surface area contributed by atoms with Gasteiger partial charge >= 0.3 is 0 Å². The van der Waals surface area contributed by atoms with Crippen LogP contribution in [0, 0.1) is 5.92 Å². The summed E-state index contributed by atoms with van der Waals surface area (Å²) in [5.74, 6) is 1.20. The summed E-state index contributed by atoms with van der Waals surface area (Å²) < 4.78 is 0. The molecule has 0 N–H and O–H groups in total. The maximum Gasteiger partial charge on any atom is 0.246 e. The van der Waals surface area contributed by atoms with Gasteiger partial charge in [-0.25, -0.2) is 0 Å². The molecule has 0 radical (unpaired) electrons. The van der Waals surface area contributed by atoms with Crippen LogP contribution in [-0.4, -0.2) is 46.8 Å². The van der Waals surface area contributed by atoms with E-state index in [0.717, 1.165) is 51.1 Å². The Labute approximate surface area is 127 Å². The Kier molecular flexibility index (Phi) is 4.51. The van der Waals surface area contributed by atoms with Crippen molar-refractivity contribution < 1.29 is 9.59 Å². The molecule has 4 heteroatoms. The standard InChI is InChI=1S/C17H28N2O2/c1-2-14-16(20)18-11-6-5-9-15(18)17(21)19(14)12-10-13-7-3-4-8-13/h13-15H,2-12H2,1H3. The van der Waals surface area contributed by atoms with Crippen LogP contribution >= 0.6 is 0 Å². The molecule has 2 unspecified atom stereocenters. The number of amides is 2. The van der Waals surface area contributed by atoms with E-state index in [2.05, 4.69) is 0 Å². The molecule has 2 heterocycles. The van der Waals surface area contributed by atoms with Gasteiger partial charge in [0.05, 0.1) is 0 Å². The van der Waals surface area contributed by atoms with Crippen molar-refractivity contribution >= 4 is 11.8 Å². The SMILES string of the molecule is CCC1C(=O)N2CCCCC2C(=O)N1CCC1CCCC1. The second-order valence-corrected chi connectivity index (χ2v) is 6.94. The Hall–Kier alpha value is -1.06. The Morgan fingerprint density at radius 2 is 1.71 bits per heavy atom. The van der Waals surface area contributed by atoms with Crippen LogP contribution in [0.15, 0.2) is 0 Å². The van der Waals surface area contributed by atoms with Gasteiger partial charge in [0.2, 0.25) is 11.8 Å². The summed E-state index contributed by atoms with van der Waals surface area (Å²) in [4.78, 5) is 29.3. The smallest absolute Gasteiger partial charge is 0.246 e. The van der Waals surface area contributed by atoms with Crippen molar-refractivity contribution in [2.75, 3.05) is 13.1 Å². The van der Waals surface area contributed by atoms with E-state index in [1.54, 1.807) is 0 Å². The van der Waals surface area contributed by atoms with Gasteiger partial charge in [-0.2, -0.15) is 0 Å². The molecule has 3 aliphatic rings. The number of carbonyl (C=O) groups is 2. The molecule has 2 saturated heterocycles. The lowest BCUT2D eigenvalue weighted by atomic mass is 9.93. The Bertz CT molecular complexity index is 404. The van der Waals surface area contributed by atoms with E-state index in [0.29, 0.717) is 0 Å². The van der Waals surface area contributed by atoms with E-state index in [4.69, 9.17) is 0 Å². The first-order valence-corrected chi connectivity index (χ1v) is 8.83. The third-order valence-electron chi connectivity index (χ3n) is 5.65. The first-order chi connectivity index (χ1) is 10.2. The predicted octanol–water partition coefficient (Wildman–Crippen LogP) is 2.57. The average Bonchev–Trinajstić information content (AvgIpc) is 3.03. The van der Waals surface area contributed by atoms with Crippen LogP contribution < -0.4 is 0 Å². The predicted molar refractivity (Wildman–Crippen MR) is 81.7 cm³/mol. The maximum atomic E-state index is 12.8. The summed E-state index contributed by atoms with van der Waals surface area (Å²) in [7, 11) is 0. The van der Waals surface area contributed by atoms with Gasteiger partial charge in [-0.05, 0) is 38.0 Å². The lowest BCUT2D eigenvalue weighted by molar-refractivity contribution is -0.164. The highest BCUT2D eigenvalue weighted by molar-refractivity contribution is 5.97. The van der Waals surface area contributed by atoms with Crippen LogP contribution in [-0.2, 0) is 9.59 Å². The largest absolute Gasteiger partial charge is 0.329 e. The van der Waals surface area contributed by atoms with Crippen LogP contribution in [0.25, 0.3) is 0 Å². The molecule has 0 spiro atoms. The minimum atomic E-state index is -0.201. The molecule has 0 aromatic heterocycles. The van der Waals surface area contributed by atoms with Gasteiger partial charge < -0.3 is 9.80 Å². The summed E-state index contributed by atoms with van der Waals surface area (Å²) in [6.07, 6.45) is 10.1. The van der Waals surface area contributed by atoms with E-state index in [1.165, 1.54) is 25.7 Å². The van der Waals surface area contributed by atoms with Gasteiger partial charge in [-0.15, -0.1) is 0 Å². The number of piperazine rings is 1. The zero-order valence-electron chi connectivity index (χ0n) is 13.2. The molecule has 3 rings (SSSR count). The minimum absolute atomic E-state index is 0.155. The second kappa shape index (κ2) is 6.37. The van der Waals surface area contributed by atoms with Gasteiger partial charge in [-0.3, -0.25) is 9.59 Å². The van der Waals surface area contributed by atoms with E-state index in [-0.39, 0.29) is 23.9 Å². The number of hydrogen-bond donors (Lipinski definition) is 0. The molecule has 1 aliphatic carbocycles. The van der Waals surface area contributed by atoms with E-state index in [9.17, 15) is 9.59 Å². The third-order valence-corrected chi connectivity index (χ3v) is 5.65. The number of fused-ring (bicyclic) bond motifs is 1. The van der Waals surface area contributed by atoms with Crippen LogP contribution in [0.1, 0.15) is 64.7 Å². The zero-order chi connectivity index (χ0) is 14.8. The van der Waals surface area contributed by atoms with Gasteiger partial charge in [0.25, 0.3) is 0 Å². The summed E-state index contributed by atoms with van der Waals surface area (Å²) >= 11 is 0. The van der Waals surface area contributed by atoms with Gasteiger partial charge in [0, 0.05) is 13.1 Å². The highest BCUT2D eigenvalue weighted by Gasteiger charge is 2.45. The maximum absolute atomic E-state index is 12.8. The molecule has 0 bridgehead atoms. The summed E-state index contributed by atoms with van der Waals surface area (Å²) in [5, 5.41) is 0. The molecule has 2 amide bonds. The molecule has 118 valence electrons. The fraction of sp³-hybridized carbons (Fsp3) is 0.882. The number of piperidine rings is 1. The number of carbonyl (C=O) groups excluding carboxylic acids is 2. The Balaban J connectivity index is 1.70. The van der Waals surface area contributed by atoms with Gasteiger partial charge in [0.1, 0.15) is 12.1 Å².